The molecular weight excluding hydrogens is 394 g/mol. The molecule has 5 rings (SSSR count). The number of ether oxygens (including phenoxy) is 1. The van der Waals surface area contributed by atoms with E-state index < -0.39 is 5.54 Å². The number of hydrogen-bond donors (Lipinski definition) is 0. The van der Waals surface area contributed by atoms with Gasteiger partial charge in [0.25, 0.3) is 5.90 Å². The van der Waals surface area contributed by atoms with Gasteiger partial charge in [-0.25, -0.2) is 4.99 Å². The molecule has 0 spiro atoms. The maximum Gasteiger partial charge on any atom is 0.260 e. The highest BCUT2D eigenvalue weighted by Crippen LogP contribution is 2.33. The first-order chi connectivity index (χ1) is 14.8. The summed E-state index contributed by atoms with van der Waals surface area (Å²) < 4.78 is 17.6. The van der Waals surface area contributed by atoms with Gasteiger partial charge in [0.15, 0.2) is 5.43 Å². The van der Waals surface area contributed by atoms with Crippen molar-refractivity contribution < 1.29 is 13.6 Å². The fourth-order valence-corrected chi connectivity index (χ4v) is 3.53. The Morgan fingerprint density at radius 3 is 2.23 bits per heavy atom. The molecule has 1 aliphatic heterocycles. The van der Waals surface area contributed by atoms with E-state index >= 15 is 0 Å². The van der Waals surface area contributed by atoms with Crippen molar-refractivity contribution in [3.63, 3.8) is 0 Å². The summed E-state index contributed by atoms with van der Waals surface area (Å²) in [6.45, 7) is 5.76. The molecule has 4 aromatic rings. The summed E-state index contributed by atoms with van der Waals surface area (Å²) in [6.07, 6.45) is 2.87. The van der Waals surface area contributed by atoms with Gasteiger partial charge in [0, 0.05) is 0 Å². The van der Waals surface area contributed by atoms with Gasteiger partial charge in [-0.1, -0.05) is 24.3 Å². The summed E-state index contributed by atoms with van der Waals surface area (Å²) in [5.74, 6) is 0.678. The first kappa shape index (κ1) is 19.1. The Morgan fingerprint density at radius 1 is 0.871 bits per heavy atom. The number of benzene rings is 2. The van der Waals surface area contributed by atoms with Crippen molar-refractivity contribution in [2.75, 3.05) is 0 Å². The number of fused-ring (bicyclic) bond motifs is 3. The summed E-state index contributed by atoms with van der Waals surface area (Å²) in [5, 5.41) is 0.877. The number of nitrogens with zero attached hydrogens (tertiary/aromatic N) is 1. The van der Waals surface area contributed by atoms with E-state index in [-0.39, 0.29) is 39.4 Å². The van der Waals surface area contributed by atoms with Crippen LogP contribution in [0.5, 0.6) is 0 Å². The lowest BCUT2D eigenvalue weighted by Crippen LogP contribution is -2.15. The van der Waals surface area contributed by atoms with Gasteiger partial charge in [-0.05, 0) is 51.1 Å². The zero-order valence-corrected chi connectivity index (χ0v) is 17.3. The normalized spacial score (nSPS) is 16.2. The predicted molar refractivity (Wildman–Crippen MR) is 120 cm³/mol. The monoisotopic (exact) mass is 413 g/mol. The number of rotatable bonds is 1. The topological polar surface area (TPSA) is 82.0 Å². The van der Waals surface area contributed by atoms with Crippen LogP contribution in [0.25, 0.3) is 33.8 Å². The molecule has 0 unspecified atom stereocenters. The molecule has 6 nitrogen and oxygen atoms in total. The van der Waals surface area contributed by atoms with Crippen LogP contribution in [-0.4, -0.2) is 11.4 Å². The summed E-state index contributed by atoms with van der Waals surface area (Å²) in [5.41, 5.74) is 0.524. The second-order valence-electron chi connectivity index (χ2n) is 8.35. The van der Waals surface area contributed by atoms with Crippen LogP contribution in [0.1, 0.15) is 37.7 Å². The molecule has 3 heterocycles. The molecule has 0 bridgehead atoms. The first-order valence-corrected chi connectivity index (χ1v) is 9.88. The summed E-state index contributed by atoms with van der Waals surface area (Å²) in [7, 11) is 0. The SMILES string of the molecule is CC(C)(C)N=C1O/C(=C\c2coc3ccccc3c2=O)c2c1oc1ccccc1c2=O. The molecule has 0 atom stereocenters. The van der Waals surface area contributed by atoms with E-state index in [4.69, 9.17) is 13.6 Å². The van der Waals surface area contributed by atoms with E-state index in [2.05, 4.69) is 4.99 Å². The highest BCUT2D eigenvalue weighted by Gasteiger charge is 2.33. The first-order valence-electron chi connectivity index (χ1n) is 9.88. The van der Waals surface area contributed by atoms with E-state index in [0.717, 1.165) is 0 Å². The Kier molecular flexibility index (Phi) is 4.18. The van der Waals surface area contributed by atoms with Gasteiger partial charge in [0.05, 0.1) is 21.9 Å². The van der Waals surface area contributed by atoms with Gasteiger partial charge >= 0.3 is 0 Å². The van der Waals surface area contributed by atoms with Gasteiger partial charge in [0.1, 0.15) is 28.8 Å². The van der Waals surface area contributed by atoms with E-state index in [0.29, 0.717) is 21.9 Å². The maximum absolute atomic E-state index is 13.3. The van der Waals surface area contributed by atoms with E-state index in [1.165, 1.54) is 12.3 Å². The van der Waals surface area contributed by atoms with Crippen molar-refractivity contribution in [1.29, 1.82) is 0 Å². The third kappa shape index (κ3) is 3.26. The van der Waals surface area contributed by atoms with Gasteiger partial charge in [-0.2, -0.15) is 0 Å². The molecule has 2 aromatic carbocycles. The Hall–Kier alpha value is -3.93. The molecule has 0 aliphatic carbocycles. The summed E-state index contributed by atoms with van der Waals surface area (Å²) in [4.78, 5) is 30.8. The maximum atomic E-state index is 13.3. The third-order valence-electron chi connectivity index (χ3n) is 4.88. The highest BCUT2D eigenvalue weighted by atomic mass is 16.5. The molecule has 0 radical (unpaired) electrons. The third-order valence-corrected chi connectivity index (χ3v) is 4.88. The van der Waals surface area contributed by atoms with Crippen LogP contribution < -0.4 is 10.9 Å². The minimum Gasteiger partial charge on any atom is -0.463 e. The number of para-hydroxylation sites is 2. The number of aliphatic imine (C=N–C) groups is 1. The Bertz CT molecular complexity index is 1530. The largest absolute Gasteiger partial charge is 0.463 e. The molecule has 6 heteroatoms. The molecule has 1 aliphatic rings. The van der Waals surface area contributed by atoms with Crippen LogP contribution in [0.15, 0.2) is 78.2 Å². The van der Waals surface area contributed by atoms with E-state index in [9.17, 15) is 9.59 Å². The lowest BCUT2D eigenvalue weighted by atomic mass is 10.1. The van der Waals surface area contributed by atoms with E-state index in [1.54, 1.807) is 48.5 Å². The smallest absolute Gasteiger partial charge is 0.260 e. The van der Waals surface area contributed by atoms with Crippen LogP contribution in [-0.2, 0) is 4.74 Å². The molecule has 0 fully saturated rings. The molecular formula is C25H19NO5. The van der Waals surface area contributed by atoms with Crippen molar-refractivity contribution in [2.24, 2.45) is 4.99 Å². The zero-order chi connectivity index (χ0) is 21.8. The molecule has 2 aromatic heterocycles. The molecule has 0 amide bonds. The molecule has 0 saturated heterocycles. The average molecular weight is 413 g/mol. The van der Waals surface area contributed by atoms with Gasteiger partial charge in [-0.15, -0.1) is 0 Å². The summed E-state index contributed by atoms with van der Waals surface area (Å²) in [6, 6.07) is 14.0. The van der Waals surface area contributed by atoms with Crippen molar-refractivity contribution in [1.82, 2.24) is 0 Å². The van der Waals surface area contributed by atoms with Crippen molar-refractivity contribution in [3.05, 3.63) is 92.1 Å². The average Bonchev–Trinajstić information content (AvgIpc) is 3.06. The van der Waals surface area contributed by atoms with Crippen LogP contribution in [0, 0.1) is 0 Å². The van der Waals surface area contributed by atoms with Gasteiger partial charge in [-0.3, -0.25) is 9.59 Å². The van der Waals surface area contributed by atoms with Crippen LogP contribution >= 0.6 is 0 Å². The second-order valence-corrected chi connectivity index (χ2v) is 8.35. The fraction of sp³-hybridized carbons (Fsp3) is 0.160. The van der Waals surface area contributed by atoms with Crippen LogP contribution in [0.3, 0.4) is 0 Å². The lowest BCUT2D eigenvalue weighted by Gasteiger charge is -2.12. The predicted octanol–water partition coefficient (Wildman–Crippen LogP) is 4.97. The standard InChI is InChI=1S/C25H19NO5/c1-25(2,3)26-24-23-20(22(28)16-9-5-7-11-18(16)30-23)19(31-24)12-14-13-29-17-10-6-4-8-15(17)21(14)27/h4-13H,1-3H3/b19-12-,26-24?. The Labute approximate surface area is 177 Å². The quantitative estimate of drug-likeness (QED) is 0.440. The van der Waals surface area contributed by atoms with Crippen molar-refractivity contribution in [2.45, 2.75) is 26.3 Å². The zero-order valence-electron chi connectivity index (χ0n) is 17.3. The highest BCUT2D eigenvalue weighted by molar-refractivity contribution is 6.08. The molecule has 0 N–H and O–H groups in total. The van der Waals surface area contributed by atoms with Gasteiger partial charge in [0.2, 0.25) is 11.2 Å². The second kappa shape index (κ2) is 6.80. The van der Waals surface area contributed by atoms with Crippen LogP contribution in [0.4, 0.5) is 0 Å². The van der Waals surface area contributed by atoms with Crippen molar-refractivity contribution >= 4 is 39.7 Å². The van der Waals surface area contributed by atoms with E-state index in [1.807, 2.05) is 20.8 Å². The molecule has 154 valence electrons. The van der Waals surface area contributed by atoms with Crippen LogP contribution in [0.2, 0.25) is 0 Å². The molecule has 0 saturated carbocycles. The minimum absolute atomic E-state index is 0.208. The van der Waals surface area contributed by atoms with Crippen molar-refractivity contribution in [3.8, 4) is 0 Å². The lowest BCUT2D eigenvalue weighted by molar-refractivity contribution is 0.481. The molecule has 31 heavy (non-hydrogen) atoms. The summed E-state index contributed by atoms with van der Waals surface area (Å²) >= 11 is 0. The minimum atomic E-state index is -0.464. The van der Waals surface area contributed by atoms with Gasteiger partial charge < -0.3 is 13.6 Å². The Balaban J connectivity index is 1.78. The Morgan fingerprint density at radius 2 is 1.52 bits per heavy atom. The number of hydrogen-bond acceptors (Lipinski definition) is 6. The fourth-order valence-electron chi connectivity index (χ4n) is 3.53.